The molecule has 0 heterocycles. The summed E-state index contributed by atoms with van der Waals surface area (Å²) in [6.07, 6.45) is 9.63. The summed E-state index contributed by atoms with van der Waals surface area (Å²) in [5, 5.41) is 21.9. The van der Waals surface area contributed by atoms with Crippen LogP contribution < -0.4 is 5.32 Å². The van der Waals surface area contributed by atoms with Gasteiger partial charge in [-0.05, 0) is 69.1 Å². The number of nitrogens with one attached hydrogen (secondary N) is 1. The number of benzene rings is 1. The average Bonchev–Trinajstić information content (AvgIpc) is 2.63. The van der Waals surface area contributed by atoms with E-state index in [1.54, 1.807) is 0 Å². The van der Waals surface area contributed by atoms with Crippen LogP contribution in [0, 0.1) is 6.92 Å². The second-order valence-corrected chi connectivity index (χ2v) is 7.40. The first kappa shape index (κ1) is 23.1. The van der Waals surface area contributed by atoms with Gasteiger partial charge in [-0.25, -0.2) is 0 Å². The van der Waals surface area contributed by atoms with Crippen LogP contribution in [0.4, 0.5) is 0 Å². The van der Waals surface area contributed by atoms with E-state index in [4.69, 9.17) is 0 Å². The number of aliphatic hydroxyl groups excluding tert-OH is 2. The molecule has 0 saturated carbocycles. The Morgan fingerprint density at radius 2 is 1.93 bits per heavy atom. The number of hydrogen-bond acceptors (Lipinski definition) is 3. The van der Waals surface area contributed by atoms with Crippen LogP contribution in [0.25, 0.3) is 0 Å². The Morgan fingerprint density at radius 1 is 1.22 bits per heavy atom. The molecule has 150 valence electrons. The Labute approximate surface area is 164 Å². The van der Waals surface area contributed by atoms with Gasteiger partial charge in [-0.15, -0.1) is 0 Å². The summed E-state index contributed by atoms with van der Waals surface area (Å²) in [5.41, 5.74) is 3.92. The highest BCUT2D eigenvalue weighted by molar-refractivity contribution is 5.73. The van der Waals surface area contributed by atoms with Gasteiger partial charge in [0.2, 0.25) is 5.91 Å². The van der Waals surface area contributed by atoms with E-state index in [-0.39, 0.29) is 19.1 Å². The van der Waals surface area contributed by atoms with Crippen molar-refractivity contribution in [1.29, 1.82) is 0 Å². The Kier molecular flexibility index (Phi) is 10.0. The summed E-state index contributed by atoms with van der Waals surface area (Å²) in [4.78, 5) is 11.4. The number of amides is 1. The predicted octanol–water partition coefficient (Wildman–Crippen LogP) is 3.63. The first-order valence-corrected chi connectivity index (χ1v) is 9.75. The van der Waals surface area contributed by atoms with Crippen LogP contribution in [0.3, 0.4) is 0 Å². The van der Waals surface area contributed by atoms with Crippen molar-refractivity contribution in [3.8, 4) is 0 Å². The van der Waals surface area contributed by atoms with E-state index >= 15 is 0 Å². The van der Waals surface area contributed by atoms with Gasteiger partial charge in [-0.2, -0.15) is 0 Å². The largest absolute Gasteiger partial charge is 0.394 e. The van der Waals surface area contributed by atoms with Crippen LogP contribution in [-0.2, 0) is 17.6 Å². The fourth-order valence-electron chi connectivity index (χ4n) is 3.29. The lowest BCUT2D eigenvalue weighted by Gasteiger charge is -2.30. The molecule has 1 aromatic carbocycles. The van der Waals surface area contributed by atoms with Crippen LogP contribution in [0.15, 0.2) is 42.5 Å². The Balaban J connectivity index is 2.59. The molecule has 0 atom stereocenters. The average molecular weight is 374 g/mol. The third-order valence-electron chi connectivity index (χ3n) is 4.94. The van der Waals surface area contributed by atoms with E-state index < -0.39 is 5.54 Å². The zero-order valence-corrected chi connectivity index (χ0v) is 17.1. The van der Waals surface area contributed by atoms with Gasteiger partial charge in [-0.1, -0.05) is 42.5 Å². The van der Waals surface area contributed by atoms with E-state index in [2.05, 4.69) is 43.1 Å². The van der Waals surface area contributed by atoms with Crippen molar-refractivity contribution in [3.63, 3.8) is 0 Å². The van der Waals surface area contributed by atoms with Crippen molar-refractivity contribution in [1.82, 2.24) is 5.32 Å². The lowest BCUT2D eigenvalue weighted by molar-refractivity contribution is -0.122. The molecule has 0 fully saturated rings. The minimum absolute atomic E-state index is 0.248. The molecule has 0 spiro atoms. The summed E-state index contributed by atoms with van der Waals surface area (Å²) < 4.78 is 0. The topological polar surface area (TPSA) is 69.6 Å². The standard InChI is InChI=1S/C23H35NO3/c1-5-8-18(2)9-6-7-10-21-11-12-22(19(3)15-21)13-14-23(16-25,17-26)24-20(4)27/h5,8,11-12,15,25-26H,2,6-7,9-10,13-14,16-17H2,1,3-4H3,(H,24,27)/b8-5-. The van der Waals surface area contributed by atoms with Crippen molar-refractivity contribution in [2.24, 2.45) is 0 Å². The lowest BCUT2D eigenvalue weighted by Crippen LogP contribution is -2.54. The summed E-state index contributed by atoms with van der Waals surface area (Å²) in [7, 11) is 0. The van der Waals surface area contributed by atoms with Crippen molar-refractivity contribution in [3.05, 3.63) is 59.2 Å². The number of carbonyl (C=O) groups excluding carboxylic acids is 1. The van der Waals surface area contributed by atoms with Gasteiger partial charge in [0.15, 0.2) is 0 Å². The Bertz CT molecular complexity index is 645. The van der Waals surface area contributed by atoms with Crippen LogP contribution in [0.5, 0.6) is 0 Å². The minimum Gasteiger partial charge on any atom is -0.394 e. The van der Waals surface area contributed by atoms with Gasteiger partial charge < -0.3 is 15.5 Å². The zero-order valence-electron chi connectivity index (χ0n) is 17.1. The van der Waals surface area contributed by atoms with Crippen molar-refractivity contribution < 1.29 is 15.0 Å². The predicted molar refractivity (Wildman–Crippen MR) is 112 cm³/mol. The third kappa shape index (κ3) is 8.10. The third-order valence-corrected chi connectivity index (χ3v) is 4.94. The van der Waals surface area contributed by atoms with E-state index in [9.17, 15) is 15.0 Å². The number of allylic oxidation sites excluding steroid dienone is 3. The summed E-state index contributed by atoms with van der Waals surface area (Å²) in [6.45, 7) is 8.98. The molecule has 0 radical (unpaired) electrons. The fourth-order valence-corrected chi connectivity index (χ4v) is 3.29. The highest BCUT2D eigenvalue weighted by Gasteiger charge is 2.29. The number of rotatable bonds is 12. The molecule has 0 aliphatic carbocycles. The van der Waals surface area contributed by atoms with Crippen molar-refractivity contribution in [2.45, 2.75) is 64.8 Å². The molecule has 4 nitrogen and oxygen atoms in total. The number of hydrogen-bond donors (Lipinski definition) is 3. The van der Waals surface area contributed by atoms with Crippen LogP contribution in [0.2, 0.25) is 0 Å². The highest BCUT2D eigenvalue weighted by atomic mass is 16.3. The van der Waals surface area contributed by atoms with E-state index in [0.29, 0.717) is 12.8 Å². The zero-order chi connectivity index (χ0) is 20.3. The van der Waals surface area contributed by atoms with E-state index in [0.717, 1.165) is 25.7 Å². The van der Waals surface area contributed by atoms with Crippen molar-refractivity contribution in [2.75, 3.05) is 13.2 Å². The second-order valence-electron chi connectivity index (χ2n) is 7.40. The van der Waals surface area contributed by atoms with Crippen LogP contribution in [0.1, 0.15) is 56.2 Å². The second kappa shape index (κ2) is 11.7. The molecule has 0 unspecified atom stereocenters. The first-order valence-electron chi connectivity index (χ1n) is 9.75. The van der Waals surface area contributed by atoms with Crippen LogP contribution in [-0.4, -0.2) is 34.9 Å². The summed E-state index contributed by atoms with van der Waals surface area (Å²) in [6, 6.07) is 6.49. The van der Waals surface area contributed by atoms with Gasteiger partial charge in [0.05, 0.1) is 18.8 Å². The van der Waals surface area contributed by atoms with E-state index in [1.807, 2.05) is 13.0 Å². The molecule has 0 aromatic heterocycles. The molecule has 1 aromatic rings. The fraction of sp³-hybridized carbons (Fsp3) is 0.522. The molecular weight excluding hydrogens is 338 g/mol. The Morgan fingerprint density at radius 3 is 2.48 bits per heavy atom. The molecule has 1 amide bonds. The maximum absolute atomic E-state index is 11.4. The molecule has 4 heteroatoms. The van der Waals surface area contributed by atoms with E-state index in [1.165, 1.54) is 29.2 Å². The number of aryl methyl sites for hydroxylation is 3. The van der Waals surface area contributed by atoms with Gasteiger partial charge in [-0.3, -0.25) is 4.79 Å². The lowest BCUT2D eigenvalue weighted by atomic mass is 9.90. The van der Waals surface area contributed by atoms with Crippen LogP contribution >= 0.6 is 0 Å². The highest BCUT2D eigenvalue weighted by Crippen LogP contribution is 2.19. The number of aliphatic hydroxyl groups is 2. The first-order chi connectivity index (χ1) is 12.9. The molecule has 0 saturated heterocycles. The SMILES string of the molecule is C=C(/C=C\C)CCCCc1ccc(CCC(CO)(CO)NC(C)=O)c(C)c1. The Hall–Kier alpha value is -1.91. The normalized spacial score (nSPS) is 11.7. The molecule has 0 aliphatic heterocycles. The summed E-state index contributed by atoms with van der Waals surface area (Å²) in [5.74, 6) is -0.248. The minimum atomic E-state index is -0.966. The molecule has 3 N–H and O–H groups in total. The van der Waals surface area contributed by atoms with Gasteiger partial charge in [0.1, 0.15) is 0 Å². The summed E-state index contributed by atoms with van der Waals surface area (Å²) >= 11 is 0. The van der Waals surface area contributed by atoms with Gasteiger partial charge >= 0.3 is 0 Å². The van der Waals surface area contributed by atoms with Gasteiger partial charge in [0.25, 0.3) is 0 Å². The maximum atomic E-state index is 11.4. The van der Waals surface area contributed by atoms with Crippen molar-refractivity contribution >= 4 is 5.91 Å². The number of unbranched alkanes of at least 4 members (excludes halogenated alkanes) is 1. The molecular formula is C23H35NO3. The monoisotopic (exact) mass is 373 g/mol. The quantitative estimate of drug-likeness (QED) is 0.387. The smallest absolute Gasteiger partial charge is 0.217 e. The molecule has 27 heavy (non-hydrogen) atoms. The van der Waals surface area contributed by atoms with Gasteiger partial charge in [0, 0.05) is 6.92 Å². The molecule has 0 aliphatic rings. The maximum Gasteiger partial charge on any atom is 0.217 e. The molecule has 1 rings (SSSR count). The number of carbonyl (C=O) groups is 1. The molecule has 0 bridgehead atoms.